The maximum Gasteiger partial charge on any atom is 0.311 e. The molecule has 0 saturated heterocycles. The smallest absolute Gasteiger partial charge is 0.311 e. The van der Waals surface area contributed by atoms with Crippen molar-refractivity contribution in [1.82, 2.24) is 0 Å². The van der Waals surface area contributed by atoms with Gasteiger partial charge in [-0.15, -0.1) is 0 Å². The first kappa shape index (κ1) is 17.5. The summed E-state index contributed by atoms with van der Waals surface area (Å²) in [5, 5.41) is 22.0. The van der Waals surface area contributed by atoms with Crippen molar-refractivity contribution in [2.75, 3.05) is 7.11 Å². The van der Waals surface area contributed by atoms with E-state index in [1.807, 2.05) is 0 Å². The minimum absolute atomic E-state index is 0.0297. The quantitative estimate of drug-likeness (QED) is 0.708. The van der Waals surface area contributed by atoms with Gasteiger partial charge in [0.2, 0.25) is 0 Å². The number of fused-ring (bicyclic) bond motifs is 5. The first-order valence-electron chi connectivity index (χ1n) is 9.70. The molecular formula is C20H30O5. The average molecular weight is 350 g/mol. The van der Waals surface area contributed by atoms with Gasteiger partial charge in [-0.2, -0.15) is 0 Å². The molecular weight excluding hydrogens is 320 g/mol. The van der Waals surface area contributed by atoms with Gasteiger partial charge in [0.1, 0.15) is 5.78 Å². The van der Waals surface area contributed by atoms with E-state index in [-0.39, 0.29) is 35.6 Å². The van der Waals surface area contributed by atoms with Gasteiger partial charge in [-0.05, 0) is 49.9 Å². The number of ketones is 1. The molecule has 4 aliphatic rings. The van der Waals surface area contributed by atoms with Crippen LogP contribution in [0.2, 0.25) is 0 Å². The molecule has 8 atom stereocenters. The van der Waals surface area contributed by atoms with Gasteiger partial charge in [-0.25, -0.2) is 0 Å². The van der Waals surface area contributed by atoms with Gasteiger partial charge in [0.15, 0.2) is 0 Å². The van der Waals surface area contributed by atoms with Crippen LogP contribution in [0.25, 0.3) is 0 Å². The molecule has 0 aromatic rings. The number of ether oxygens (including phenoxy) is 1. The van der Waals surface area contributed by atoms with Crippen LogP contribution >= 0.6 is 0 Å². The molecule has 4 saturated carbocycles. The normalized spacial score (nSPS) is 54.6. The predicted octanol–water partition coefficient (Wildman–Crippen LogP) is 2.08. The molecule has 4 rings (SSSR count). The van der Waals surface area contributed by atoms with Crippen molar-refractivity contribution >= 4 is 11.8 Å². The van der Waals surface area contributed by atoms with E-state index >= 15 is 0 Å². The molecule has 5 heteroatoms. The second-order valence-corrected chi connectivity index (χ2v) is 9.45. The molecule has 140 valence electrons. The van der Waals surface area contributed by atoms with Crippen LogP contribution < -0.4 is 0 Å². The summed E-state index contributed by atoms with van der Waals surface area (Å²) in [6.07, 6.45) is 4.13. The Bertz CT molecular complexity index is 617. The van der Waals surface area contributed by atoms with Crippen LogP contribution in [0.5, 0.6) is 0 Å². The summed E-state index contributed by atoms with van der Waals surface area (Å²) in [5.74, 6) is -0.397. The number of hydrogen-bond acceptors (Lipinski definition) is 5. The van der Waals surface area contributed by atoms with Crippen molar-refractivity contribution in [2.45, 2.75) is 70.5 Å². The maximum absolute atomic E-state index is 12.8. The fraction of sp³-hybridized carbons (Fsp3) is 0.900. The summed E-state index contributed by atoms with van der Waals surface area (Å²) in [4.78, 5) is 25.4. The highest BCUT2D eigenvalue weighted by Gasteiger charge is 2.74. The standard InChI is InChI=1S/C20H30O5/c1-18-8-7-13-15(12(18)4-5-14(18)22)16(17(23)25-3)20(24)10-11(21)6-9-19(13,20)2/h11-13,15-16,21,24H,4-10H2,1-3H3/t11-,12-,13-,15-,16-,18-,19+,20+/m0/s1. The third-order valence-electron chi connectivity index (χ3n) is 8.75. The minimum Gasteiger partial charge on any atom is -0.469 e. The Morgan fingerprint density at radius 1 is 1.16 bits per heavy atom. The Hall–Kier alpha value is -0.940. The third-order valence-corrected chi connectivity index (χ3v) is 8.75. The lowest BCUT2D eigenvalue weighted by atomic mass is 9.55. The van der Waals surface area contributed by atoms with Crippen LogP contribution in [-0.2, 0) is 14.3 Å². The Labute approximate surface area is 149 Å². The molecule has 0 heterocycles. The molecule has 4 fully saturated rings. The summed E-state index contributed by atoms with van der Waals surface area (Å²) in [6, 6.07) is 0. The van der Waals surface area contributed by atoms with E-state index in [0.29, 0.717) is 18.6 Å². The van der Waals surface area contributed by atoms with Crippen molar-refractivity contribution in [3.05, 3.63) is 0 Å². The minimum atomic E-state index is -1.25. The van der Waals surface area contributed by atoms with E-state index in [9.17, 15) is 19.8 Å². The molecule has 5 nitrogen and oxygen atoms in total. The summed E-state index contributed by atoms with van der Waals surface area (Å²) < 4.78 is 5.12. The Morgan fingerprint density at radius 2 is 1.88 bits per heavy atom. The number of esters is 1. The second kappa shape index (κ2) is 5.29. The Kier molecular flexibility index (Phi) is 3.70. The molecule has 0 bridgehead atoms. The zero-order valence-electron chi connectivity index (χ0n) is 15.5. The molecule has 0 aliphatic heterocycles. The van der Waals surface area contributed by atoms with E-state index in [0.717, 1.165) is 25.7 Å². The van der Waals surface area contributed by atoms with Crippen LogP contribution in [0.4, 0.5) is 0 Å². The van der Waals surface area contributed by atoms with E-state index in [1.54, 1.807) is 0 Å². The number of carbonyl (C=O) groups excluding carboxylic acids is 2. The summed E-state index contributed by atoms with van der Waals surface area (Å²) >= 11 is 0. The highest BCUT2D eigenvalue weighted by atomic mass is 16.5. The van der Waals surface area contributed by atoms with Crippen LogP contribution in [0, 0.1) is 34.5 Å². The van der Waals surface area contributed by atoms with Gasteiger partial charge in [-0.3, -0.25) is 9.59 Å². The fourth-order valence-corrected chi connectivity index (χ4v) is 7.34. The van der Waals surface area contributed by atoms with Gasteiger partial charge in [0.25, 0.3) is 0 Å². The van der Waals surface area contributed by atoms with E-state index in [1.165, 1.54) is 7.11 Å². The monoisotopic (exact) mass is 350 g/mol. The van der Waals surface area contributed by atoms with Crippen LogP contribution in [0.15, 0.2) is 0 Å². The summed E-state index contributed by atoms with van der Waals surface area (Å²) in [6.45, 7) is 4.15. The Balaban J connectivity index is 1.84. The first-order chi connectivity index (χ1) is 11.7. The fourth-order valence-electron chi connectivity index (χ4n) is 7.34. The van der Waals surface area contributed by atoms with Gasteiger partial charge in [-0.1, -0.05) is 13.8 Å². The lowest BCUT2D eigenvalue weighted by molar-refractivity contribution is -0.177. The number of hydrogen-bond donors (Lipinski definition) is 2. The molecule has 0 radical (unpaired) electrons. The molecule has 25 heavy (non-hydrogen) atoms. The van der Waals surface area contributed by atoms with Gasteiger partial charge >= 0.3 is 5.97 Å². The van der Waals surface area contributed by atoms with Gasteiger partial charge < -0.3 is 14.9 Å². The highest BCUT2D eigenvalue weighted by Crippen LogP contribution is 2.71. The molecule has 2 N–H and O–H groups in total. The molecule has 0 unspecified atom stereocenters. The second-order valence-electron chi connectivity index (χ2n) is 9.45. The number of methoxy groups -OCH3 is 1. The van der Waals surface area contributed by atoms with Crippen LogP contribution in [0.1, 0.15) is 58.8 Å². The molecule has 0 aromatic carbocycles. The highest BCUT2D eigenvalue weighted by molar-refractivity contribution is 5.87. The van der Waals surface area contributed by atoms with Crippen molar-refractivity contribution in [1.29, 1.82) is 0 Å². The van der Waals surface area contributed by atoms with Crippen molar-refractivity contribution in [2.24, 2.45) is 34.5 Å². The summed E-state index contributed by atoms with van der Waals surface area (Å²) in [7, 11) is 1.37. The SMILES string of the molecule is COC(=O)[C@@H]1[C@H]2[C@@H]3CCC(=O)[C@@]3(C)CC[C@@H]2[C@@]2(C)CC[C@H](O)C[C@@]12O. The maximum atomic E-state index is 12.8. The number of aliphatic hydroxyl groups is 2. The number of Topliss-reactive ketones (excluding diaryl/α,β-unsaturated/α-hetero) is 1. The predicted molar refractivity (Wildman–Crippen MR) is 90.5 cm³/mol. The lowest BCUT2D eigenvalue weighted by Gasteiger charge is -2.50. The van der Waals surface area contributed by atoms with E-state index in [2.05, 4.69) is 13.8 Å². The molecule has 4 aliphatic carbocycles. The number of aliphatic hydroxyl groups excluding tert-OH is 1. The van der Waals surface area contributed by atoms with E-state index in [4.69, 9.17) is 4.74 Å². The van der Waals surface area contributed by atoms with Crippen molar-refractivity contribution in [3.8, 4) is 0 Å². The zero-order chi connectivity index (χ0) is 18.2. The third kappa shape index (κ3) is 1.97. The Morgan fingerprint density at radius 3 is 2.56 bits per heavy atom. The number of carbonyl (C=O) groups is 2. The molecule has 0 aromatic heterocycles. The van der Waals surface area contributed by atoms with Crippen LogP contribution in [-0.4, -0.2) is 40.8 Å². The van der Waals surface area contributed by atoms with Crippen molar-refractivity contribution in [3.63, 3.8) is 0 Å². The van der Waals surface area contributed by atoms with Gasteiger partial charge in [0, 0.05) is 23.7 Å². The average Bonchev–Trinajstić information content (AvgIpc) is 2.96. The topological polar surface area (TPSA) is 83.8 Å². The summed E-state index contributed by atoms with van der Waals surface area (Å²) in [5.41, 5.74) is -2.01. The van der Waals surface area contributed by atoms with Gasteiger partial charge in [0.05, 0.1) is 24.7 Å². The molecule has 0 spiro atoms. The molecule has 0 amide bonds. The first-order valence-corrected chi connectivity index (χ1v) is 9.70. The zero-order valence-corrected chi connectivity index (χ0v) is 15.5. The van der Waals surface area contributed by atoms with Crippen molar-refractivity contribution < 1.29 is 24.5 Å². The largest absolute Gasteiger partial charge is 0.469 e. The van der Waals surface area contributed by atoms with E-state index < -0.39 is 23.0 Å². The van der Waals surface area contributed by atoms with Crippen LogP contribution in [0.3, 0.4) is 0 Å². The lowest BCUT2D eigenvalue weighted by Crippen LogP contribution is -2.55. The number of rotatable bonds is 1.